The van der Waals surface area contributed by atoms with Gasteiger partial charge in [-0.15, -0.1) is 0 Å². The molecule has 5 nitrogen and oxygen atoms in total. The number of carboxylic acid groups (broad SMARTS) is 1. The summed E-state index contributed by atoms with van der Waals surface area (Å²) in [5.41, 5.74) is 0. The van der Waals surface area contributed by atoms with Crippen molar-refractivity contribution in [2.24, 2.45) is 0 Å². The summed E-state index contributed by atoms with van der Waals surface area (Å²) in [6.07, 6.45) is 1.81. The summed E-state index contributed by atoms with van der Waals surface area (Å²) in [5.74, 6) is -1.04. The fourth-order valence-corrected chi connectivity index (χ4v) is 1.22. The van der Waals surface area contributed by atoms with Crippen molar-refractivity contribution in [3.63, 3.8) is 0 Å². The highest BCUT2D eigenvalue weighted by Crippen LogP contribution is 1.98. The predicted molar refractivity (Wildman–Crippen MR) is 60.2 cm³/mol. The van der Waals surface area contributed by atoms with Crippen molar-refractivity contribution in [2.45, 2.75) is 45.6 Å². The minimum absolute atomic E-state index is 0.0297. The molecule has 0 aliphatic carbocycles. The largest absolute Gasteiger partial charge is 0.481 e. The van der Waals surface area contributed by atoms with Gasteiger partial charge >= 0.3 is 5.97 Å². The molecular formula is C11H21NO4. The Morgan fingerprint density at radius 3 is 2.50 bits per heavy atom. The van der Waals surface area contributed by atoms with Crippen LogP contribution in [0.2, 0.25) is 0 Å². The summed E-state index contributed by atoms with van der Waals surface area (Å²) < 4.78 is 5.17. The van der Waals surface area contributed by atoms with Crippen LogP contribution in [0.4, 0.5) is 0 Å². The number of carbonyl (C=O) groups excluding carboxylic acids is 1. The van der Waals surface area contributed by atoms with Gasteiger partial charge in [0.05, 0.1) is 13.0 Å². The van der Waals surface area contributed by atoms with Gasteiger partial charge in [-0.1, -0.05) is 13.8 Å². The molecule has 0 radical (unpaired) electrons. The molecule has 1 unspecified atom stereocenters. The molecule has 5 heteroatoms. The van der Waals surface area contributed by atoms with Gasteiger partial charge in [-0.05, 0) is 12.8 Å². The molecule has 0 spiro atoms. The average molecular weight is 231 g/mol. The second-order valence-corrected chi connectivity index (χ2v) is 3.63. The van der Waals surface area contributed by atoms with E-state index in [1.165, 1.54) is 0 Å². The van der Waals surface area contributed by atoms with Gasteiger partial charge in [0, 0.05) is 19.1 Å². The van der Waals surface area contributed by atoms with Crippen LogP contribution in [0.15, 0.2) is 0 Å². The summed E-state index contributed by atoms with van der Waals surface area (Å²) in [4.78, 5) is 21.8. The molecule has 0 saturated heterocycles. The molecule has 0 saturated carbocycles. The Hall–Kier alpha value is -1.10. The average Bonchev–Trinajstić information content (AvgIpc) is 2.23. The van der Waals surface area contributed by atoms with Gasteiger partial charge in [-0.25, -0.2) is 0 Å². The van der Waals surface area contributed by atoms with E-state index in [9.17, 15) is 9.59 Å². The van der Waals surface area contributed by atoms with Crippen molar-refractivity contribution < 1.29 is 19.4 Å². The number of hydrogen-bond donors (Lipinski definition) is 2. The molecule has 0 rings (SSSR count). The van der Waals surface area contributed by atoms with Crippen molar-refractivity contribution in [1.29, 1.82) is 0 Å². The van der Waals surface area contributed by atoms with Crippen LogP contribution in [-0.4, -0.2) is 36.2 Å². The maximum Gasteiger partial charge on any atom is 0.305 e. The lowest BCUT2D eigenvalue weighted by Crippen LogP contribution is -2.36. The number of carbonyl (C=O) groups is 2. The van der Waals surface area contributed by atoms with Crippen molar-refractivity contribution in [2.75, 3.05) is 13.2 Å². The molecule has 0 heterocycles. The summed E-state index contributed by atoms with van der Waals surface area (Å²) >= 11 is 0. The minimum atomic E-state index is -0.894. The molecule has 0 fully saturated rings. The first-order valence-electron chi connectivity index (χ1n) is 5.69. The van der Waals surface area contributed by atoms with Gasteiger partial charge in [0.2, 0.25) is 5.91 Å². The molecule has 0 aliphatic heterocycles. The van der Waals surface area contributed by atoms with Gasteiger partial charge in [0.25, 0.3) is 0 Å². The van der Waals surface area contributed by atoms with Gasteiger partial charge in [0.1, 0.15) is 0 Å². The summed E-state index contributed by atoms with van der Waals surface area (Å²) in [6.45, 7) is 4.89. The van der Waals surface area contributed by atoms with E-state index in [1.54, 1.807) is 0 Å². The van der Waals surface area contributed by atoms with Crippen molar-refractivity contribution in [3.05, 3.63) is 0 Å². The highest BCUT2D eigenvalue weighted by molar-refractivity contribution is 5.77. The Bertz CT molecular complexity index is 218. The van der Waals surface area contributed by atoms with Crippen LogP contribution in [0.3, 0.4) is 0 Å². The van der Waals surface area contributed by atoms with E-state index in [1.807, 2.05) is 13.8 Å². The van der Waals surface area contributed by atoms with Crippen LogP contribution in [0.25, 0.3) is 0 Å². The monoisotopic (exact) mass is 231 g/mol. The van der Waals surface area contributed by atoms with E-state index >= 15 is 0 Å². The van der Waals surface area contributed by atoms with Crippen LogP contribution >= 0.6 is 0 Å². The lowest BCUT2D eigenvalue weighted by Gasteiger charge is -2.14. The Labute approximate surface area is 96.2 Å². The van der Waals surface area contributed by atoms with Crippen molar-refractivity contribution >= 4 is 11.9 Å². The normalized spacial score (nSPS) is 12.1. The topological polar surface area (TPSA) is 75.6 Å². The standard InChI is InChI=1S/C11H21NO4/c1-3-6-16-7-5-10(13)12-9(4-2)8-11(14)15/h9H,3-8H2,1-2H3,(H,12,13)(H,14,15). The lowest BCUT2D eigenvalue weighted by molar-refractivity contribution is -0.137. The van der Waals surface area contributed by atoms with Crippen LogP contribution in [0, 0.1) is 0 Å². The van der Waals surface area contributed by atoms with Gasteiger partial charge in [0.15, 0.2) is 0 Å². The predicted octanol–water partition coefficient (Wildman–Crippen LogP) is 1.17. The van der Waals surface area contributed by atoms with Crippen LogP contribution in [0.1, 0.15) is 39.5 Å². The van der Waals surface area contributed by atoms with E-state index in [2.05, 4.69) is 5.32 Å². The third-order valence-corrected chi connectivity index (χ3v) is 2.10. The fourth-order valence-electron chi connectivity index (χ4n) is 1.22. The summed E-state index contributed by atoms with van der Waals surface area (Å²) in [5, 5.41) is 11.3. The van der Waals surface area contributed by atoms with E-state index in [4.69, 9.17) is 9.84 Å². The Kier molecular flexibility index (Phi) is 8.52. The molecule has 0 aromatic rings. The smallest absolute Gasteiger partial charge is 0.305 e. The number of aliphatic carboxylic acids is 1. The van der Waals surface area contributed by atoms with Crippen molar-refractivity contribution in [3.8, 4) is 0 Å². The van der Waals surface area contributed by atoms with Gasteiger partial charge < -0.3 is 15.2 Å². The number of hydrogen-bond acceptors (Lipinski definition) is 3. The van der Waals surface area contributed by atoms with Crippen LogP contribution in [0.5, 0.6) is 0 Å². The summed E-state index contributed by atoms with van der Waals surface area (Å²) in [6, 6.07) is -0.281. The van der Waals surface area contributed by atoms with Crippen LogP contribution < -0.4 is 5.32 Å². The molecule has 0 aliphatic rings. The Balaban J connectivity index is 3.70. The minimum Gasteiger partial charge on any atom is -0.481 e. The number of carboxylic acids is 1. The zero-order chi connectivity index (χ0) is 12.4. The van der Waals surface area contributed by atoms with E-state index in [0.29, 0.717) is 19.6 Å². The number of rotatable bonds is 9. The molecule has 94 valence electrons. The van der Waals surface area contributed by atoms with E-state index in [0.717, 1.165) is 6.42 Å². The molecule has 0 aromatic heterocycles. The lowest BCUT2D eigenvalue weighted by atomic mass is 10.1. The Morgan fingerprint density at radius 2 is 2.00 bits per heavy atom. The zero-order valence-corrected chi connectivity index (χ0v) is 9.99. The maximum absolute atomic E-state index is 11.4. The highest BCUT2D eigenvalue weighted by atomic mass is 16.5. The van der Waals surface area contributed by atoms with E-state index < -0.39 is 5.97 Å². The summed E-state index contributed by atoms with van der Waals surface area (Å²) in [7, 11) is 0. The third kappa shape index (κ3) is 8.23. The molecule has 0 bridgehead atoms. The number of ether oxygens (including phenoxy) is 1. The van der Waals surface area contributed by atoms with Gasteiger partial charge in [-0.2, -0.15) is 0 Å². The first kappa shape index (κ1) is 14.9. The SMILES string of the molecule is CCCOCCC(=O)NC(CC)CC(=O)O. The molecule has 2 N–H and O–H groups in total. The molecule has 1 amide bonds. The van der Waals surface area contributed by atoms with Gasteiger partial charge in [-0.3, -0.25) is 9.59 Å². The van der Waals surface area contributed by atoms with Crippen LogP contribution in [-0.2, 0) is 14.3 Å². The highest BCUT2D eigenvalue weighted by Gasteiger charge is 2.13. The third-order valence-electron chi connectivity index (χ3n) is 2.10. The first-order valence-corrected chi connectivity index (χ1v) is 5.69. The molecule has 16 heavy (non-hydrogen) atoms. The first-order chi connectivity index (χ1) is 7.60. The molecular weight excluding hydrogens is 210 g/mol. The van der Waals surface area contributed by atoms with Crippen molar-refractivity contribution in [1.82, 2.24) is 5.32 Å². The maximum atomic E-state index is 11.4. The molecule has 1 atom stereocenters. The zero-order valence-electron chi connectivity index (χ0n) is 9.99. The number of nitrogens with one attached hydrogen (secondary N) is 1. The van der Waals surface area contributed by atoms with E-state index in [-0.39, 0.29) is 24.8 Å². The fraction of sp³-hybridized carbons (Fsp3) is 0.818. The quantitative estimate of drug-likeness (QED) is 0.584. The Morgan fingerprint density at radius 1 is 1.31 bits per heavy atom. The second-order valence-electron chi connectivity index (χ2n) is 3.63. The second kappa shape index (κ2) is 9.15. The molecule has 0 aromatic carbocycles. The number of amides is 1.